The van der Waals surface area contributed by atoms with Crippen molar-refractivity contribution in [3.8, 4) is 5.75 Å². The highest BCUT2D eigenvalue weighted by atomic mass is 19.1. The molecule has 0 spiro atoms. The molecule has 2 rings (SSSR count). The normalized spacial score (nSPS) is 10.2. The van der Waals surface area contributed by atoms with E-state index in [1.165, 1.54) is 30.5 Å². The molecule has 1 N–H and O–H groups in total. The van der Waals surface area contributed by atoms with Crippen LogP contribution in [0.5, 0.6) is 5.75 Å². The van der Waals surface area contributed by atoms with Crippen LogP contribution in [0.2, 0.25) is 0 Å². The predicted molar refractivity (Wildman–Crippen MR) is 60.3 cm³/mol. The first-order valence-electron chi connectivity index (χ1n) is 5.08. The molecule has 0 fully saturated rings. The molecule has 0 aliphatic heterocycles. The van der Waals surface area contributed by atoms with E-state index in [-0.39, 0.29) is 17.9 Å². The van der Waals surface area contributed by atoms with E-state index in [2.05, 4.69) is 4.98 Å². The second-order valence-electron chi connectivity index (χ2n) is 3.60. The minimum absolute atomic E-state index is 0.0162. The lowest BCUT2D eigenvalue weighted by Crippen LogP contribution is -2.08. The fourth-order valence-electron chi connectivity index (χ4n) is 1.53. The van der Waals surface area contributed by atoms with Crippen LogP contribution in [-0.4, -0.2) is 15.9 Å². The van der Waals surface area contributed by atoms with Gasteiger partial charge in [0.15, 0.2) is 11.6 Å². The number of phenols is 1. The highest BCUT2D eigenvalue weighted by Gasteiger charge is 2.13. The topological polar surface area (TPSA) is 50.2 Å². The summed E-state index contributed by atoms with van der Waals surface area (Å²) in [4.78, 5) is 15.5. The van der Waals surface area contributed by atoms with E-state index in [4.69, 9.17) is 0 Å². The highest BCUT2D eigenvalue weighted by molar-refractivity contribution is 5.95. The van der Waals surface area contributed by atoms with Gasteiger partial charge < -0.3 is 5.11 Å². The summed E-state index contributed by atoms with van der Waals surface area (Å²) in [6.45, 7) is 0. The molecular weight excluding hydrogens is 221 g/mol. The van der Waals surface area contributed by atoms with Crippen LogP contribution < -0.4 is 0 Å². The maximum absolute atomic E-state index is 13.3. The summed E-state index contributed by atoms with van der Waals surface area (Å²) in [5.74, 6) is -0.955. The predicted octanol–water partition coefficient (Wildman–Crippen LogP) is 2.35. The number of pyridine rings is 1. The largest absolute Gasteiger partial charge is 0.508 e. The molecular formula is C13H10FNO2. The van der Waals surface area contributed by atoms with Gasteiger partial charge in [-0.05, 0) is 29.8 Å². The SMILES string of the molecule is O=C(Cc1cccc(O)c1)c1ncccc1F. The molecule has 0 unspecified atom stereocenters. The second-order valence-corrected chi connectivity index (χ2v) is 3.60. The van der Waals surface area contributed by atoms with Gasteiger partial charge in [0.2, 0.25) is 0 Å². The average Bonchev–Trinajstić information content (AvgIpc) is 2.29. The molecule has 2 aromatic rings. The van der Waals surface area contributed by atoms with Gasteiger partial charge in [-0.15, -0.1) is 0 Å². The van der Waals surface area contributed by atoms with Gasteiger partial charge in [0.05, 0.1) is 0 Å². The Morgan fingerprint density at radius 3 is 2.82 bits per heavy atom. The van der Waals surface area contributed by atoms with Crippen LogP contribution in [0, 0.1) is 5.82 Å². The maximum Gasteiger partial charge on any atom is 0.188 e. The van der Waals surface area contributed by atoms with Crippen LogP contribution in [0.1, 0.15) is 16.1 Å². The van der Waals surface area contributed by atoms with Crippen molar-refractivity contribution >= 4 is 5.78 Å². The molecule has 0 aliphatic rings. The van der Waals surface area contributed by atoms with Crippen LogP contribution in [0.3, 0.4) is 0 Å². The van der Waals surface area contributed by atoms with Gasteiger partial charge in [-0.1, -0.05) is 12.1 Å². The van der Waals surface area contributed by atoms with E-state index in [1.807, 2.05) is 0 Å². The summed E-state index contributed by atoms with van der Waals surface area (Å²) < 4.78 is 13.3. The Labute approximate surface area is 97.6 Å². The Hall–Kier alpha value is -2.23. The van der Waals surface area contributed by atoms with E-state index in [0.717, 1.165) is 0 Å². The van der Waals surface area contributed by atoms with Gasteiger partial charge in [0, 0.05) is 12.6 Å². The zero-order valence-electron chi connectivity index (χ0n) is 8.93. The monoisotopic (exact) mass is 231 g/mol. The minimum atomic E-state index is -0.627. The molecule has 0 bridgehead atoms. The second kappa shape index (κ2) is 4.74. The number of carbonyl (C=O) groups excluding carboxylic acids is 1. The summed E-state index contributed by atoms with van der Waals surface area (Å²) >= 11 is 0. The van der Waals surface area contributed by atoms with Crippen LogP contribution in [0.4, 0.5) is 4.39 Å². The molecule has 17 heavy (non-hydrogen) atoms. The highest BCUT2D eigenvalue weighted by Crippen LogP contribution is 2.14. The van der Waals surface area contributed by atoms with E-state index in [1.54, 1.807) is 12.1 Å². The first-order chi connectivity index (χ1) is 8.16. The number of carbonyl (C=O) groups is 1. The van der Waals surface area contributed by atoms with Crippen LogP contribution >= 0.6 is 0 Å². The zero-order chi connectivity index (χ0) is 12.3. The van der Waals surface area contributed by atoms with Gasteiger partial charge in [-0.2, -0.15) is 0 Å². The number of hydrogen-bond acceptors (Lipinski definition) is 3. The number of Topliss-reactive ketones (excluding diaryl/α,β-unsaturated/α-hetero) is 1. The van der Waals surface area contributed by atoms with Crippen LogP contribution in [0.15, 0.2) is 42.6 Å². The van der Waals surface area contributed by atoms with Crippen LogP contribution in [0.25, 0.3) is 0 Å². The third-order valence-corrected chi connectivity index (χ3v) is 2.30. The van der Waals surface area contributed by atoms with Gasteiger partial charge >= 0.3 is 0 Å². The number of hydrogen-bond donors (Lipinski definition) is 1. The Balaban J connectivity index is 2.20. The maximum atomic E-state index is 13.3. The number of rotatable bonds is 3. The summed E-state index contributed by atoms with van der Waals surface area (Å²) in [7, 11) is 0. The number of halogens is 1. The first-order valence-corrected chi connectivity index (χ1v) is 5.08. The Morgan fingerprint density at radius 2 is 2.12 bits per heavy atom. The molecule has 1 aromatic carbocycles. The van der Waals surface area contributed by atoms with Gasteiger partial charge in [0.25, 0.3) is 0 Å². The van der Waals surface area contributed by atoms with Crippen molar-refractivity contribution in [3.05, 3.63) is 59.7 Å². The van der Waals surface area contributed by atoms with Crippen LogP contribution in [-0.2, 0) is 6.42 Å². The Bertz CT molecular complexity index is 555. The average molecular weight is 231 g/mol. The zero-order valence-corrected chi connectivity index (χ0v) is 8.93. The lowest BCUT2D eigenvalue weighted by molar-refractivity contribution is 0.0984. The molecule has 86 valence electrons. The van der Waals surface area contributed by atoms with Crippen molar-refractivity contribution in [1.29, 1.82) is 0 Å². The van der Waals surface area contributed by atoms with Gasteiger partial charge in [0.1, 0.15) is 11.4 Å². The van der Waals surface area contributed by atoms with Crippen molar-refractivity contribution in [1.82, 2.24) is 4.98 Å². The Morgan fingerprint density at radius 1 is 1.29 bits per heavy atom. The molecule has 0 saturated carbocycles. The van der Waals surface area contributed by atoms with Crippen molar-refractivity contribution in [2.75, 3.05) is 0 Å². The van der Waals surface area contributed by atoms with Gasteiger partial charge in [-0.25, -0.2) is 4.39 Å². The lowest BCUT2D eigenvalue weighted by Gasteiger charge is -2.02. The molecule has 1 aromatic heterocycles. The first kappa shape index (κ1) is 11.3. The number of aromatic hydroxyl groups is 1. The molecule has 4 heteroatoms. The summed E-state index contributed by atoms with van der Waals surface area (Å²) in [6, 6.07) is 8.93. The molecule has 0 saturated heterocycles. The third kappa shape index (κ3) is 2.66. The summed E-state index contributed by atoms with van der Waals surface area (Å²) in [6.07, 6.45) is 1.39. The fraction of sp³-hybridized carbons (Fsp3) is 0.0769. The lowest BCUT2D eigenvalue weighted by atomic mass is 10.1. The standard InChI is InChI=1S/C13H10FNO2/c14-11-5-2-6-15-13(11)12(17)8-9-3-1-4-10(16)7-9/h1-7,16H,8H2. The number of phenolic OH excluding ortho intramolecular Hbond substituents is 1. The molecule has 3 nitrogen and oxygen atoms in total. The number of aromatic nitrogens is 1. The molecule has 0 aliphatic carbocycles. The number of benzene rings is 1. The Kier molecular flexibility index (Phi) is 3.14. The molecule has 0 atom stereocenters. The minimum Gasteiger partial charge on any atom is -0.508 e. The van der Waals surface area contributed by atoms with Crippen molar-refractivity contribution < 1.29 is 14.3 Å². The quantitative estimate of drug-likeness (QED) is 0.825. The van der Waals surface area contributed by atoms with E-state index in [9.17, 15) is 14.3 Å². The molecule has 0 amide bonds. The summed E-state index contributed by atoms with van der Waals surface area (Å²) in [5.41, 5.74) is 0.455. The van der Waals surface area contributed by atoms with E-state index in [0.29, 0.717) is 5.56 Å². The summed E-state index contributed by atoms with van der Waals surface area (Å²) in [5, 5.41) is 9.25. The van der Waals surface area contributed by atoms with E-state index < -0.39 is 11.6 Å². The van der Waals surface area contributed by atoms with Crippen molar-refractivity contribution in [2.45, 2.75) is 6.42 Å². The molecule has 0 radical (unpaired) electrons. The third-order valence-electron chi connectivity index (χ3n) is 2.30. The van der Waals surface area contributed by atoms with Crippen molar-refractivity contribution in [3.63, 3.8) is 0 Å². The molecule has 1 heterocycles. The number of ketones is 1. The van der Waals surface area contributed by atoms with Gasteiger partial charge in [-0.3, -0.25) is 9.78 Å². The van der Waals surface area contributed by atoms with E-state index >= 15 is 0 Å². The number of nitrogens with zero attached hydrogens (tertiary/aromatic N) is 1. The fourth-order valence-corrected chi connectivity index (χ4v) is 1.53. The van der Waals surface area contributed by atoms with Crippen molar-refractivity contribution in [2.24, 2.45) is 0 Å². The smallest absolute Gasteiger partial charge is 0.188 e.